The Labute approximate surface area is 76.4 Å². The molecule has 0 atom stereocenters. The van der Waals surface area contributed by atoms with E-state index >= 15 is 0 Å². The highest BCUT2D eigenvalue weighted by atomic mass is 16.1. The summed E-state index contributed by atoms with van der Waals surface area (Å²) in [6, 6.07) is 0. The third-order valence-electron chi connectivity index (χ3n) is 2.58. The van der Waals surface area contributed by atoms with Gasteiger partial charge in [-0.25, -0.2) is 0 Å². The Morgan fingerprint density at radius 2 is 2.23 bits per heavy atom. The third-order valence-corrected chi connectivity index (χ3v) is 2.58. The van der Waals surface area contributed by atoms with E-state index in [0.717, 1.165) is 17.0 Å². The summed E-state index contributed by atoms with van der Waals surface area (Å²) in [7, 11) is 0. The van der Waals surface area contributed by atoms with Crippen molar-refractivity contribution in [3.63, 3.8) is 0 Å². The van der Waals surface area contributed by atoms with E-state index in [9.17, 15) is 4.79 Å². The van der Waals surface area contributed by atoms with E-state index in [1.54, 1.807) is 12.2 Å². The molecule has 0 aromatic carbocycles. The van der Waals surface area contributed by atoms with E-state index < -0.39 is 0 Å². The summed E-state index contributed by atoms with van der Waals surface area (Å²) < 4.78 is 0. The van der Waals surface area contributed by atoms with Crippen molar-refractivity contribution in [2.75, 3.05) is 0 Å². The largest absolute Gasteiger partial charge is 0.289 e. The van der Waals surface area contributed by atoms with Crippen LogP contribution in [0.25, 0.3) is 0 Å². The number of hydrogen-bond acceptors (Lipinski definition) is 2. The summed E-state index contributed by atoms with van der Waals surface area (Å²) in [5, 5.41) is 0. The first kappa shape index (κ1) is 7.01. The van der Waals surface area contributed by atoms with Crippen LogP contribution in [0.1, 0.15) is 12.8 Å². The second kappa shape index (κ2) is 2.28. The molecule has 0 amide bonds. The Kier molecular flexibility index (Phi) is 1.23. The van der Waals surface area contributed by atoms with Gasteiger partial charge in [-0.3, -0.25) is 9.79 Å². The van der Waals surface area contributed by atoms with Crippen LogP contribution in [0.4, 0.5) is 0 Å². The smallest absolute Gasteiger partial charge is 0.188 e. The fraction of sp³-hybridized carbons (Fsp3) is 0.273. The number of carbonyl (C=O) groups is 1. The van der Waals surface area contributed by atoms with E-state index in [-0.39, 0.29) is 5.78 Å². The summed E-state index contributed by atoms with van der Waals surface area (Å²) in [6.07, 6.45) is 9.70. The lowest BCUT2D eigenvalue weighted by Gasteiger charge is -2.00. The highest BCUT2D eigenvalue weighted by Gasteiger charge is 2.31. The molecule has 0 saturated heterocycles. The van der Waals surface area contributed by atoms with Crippen LogP contribution < -0.4 is 0 Å². The van der Waals surface area contributed by atoms with E-state index in [2.05, 4.69) is 4.99 Å². The number of allylic oxidation sites excluding steroid dienone is 5. The molecule has 0 aromatic heterocycles. The van der Waals surface area contributed by atoms with Crippen LogP contribution in [0.3, 0.4) is 0 Å². The van der Waals surface area contributed by atoms with Gasteiger partial charge in [-0.2, -0.15) is 0 Å². The van der Waals surface area contributed by atoms with Gasteiger partial charge in [-0.15, -0.1) is 0 Å². The molecule has 0 unspecified atom stereocenters. The van der Waals surface area contributed by atoms with Crippen molar-refractivity contribution >= 4 is 11.5 Å². The molecule has 2 nitrogen and oxygen atoms in total. The van der Waals surface area contributed by atoms with Crippen LogP contribution >= 0.6 is 0 Å². The lowest BCUT2D eigenvalue weighted by atomic mass is 10.0. The first-order chi connectivity index (χ1) is 6.34. The highest BCUT2D eigenvalue weighted by molar-refractivity contribution is 6.17. The molecule has 2 heteroatoms. The Hall–Kier alpha value is -1.44. The molecule has 0 radical (unpaired) electrons. The predicted octanol–water partition coefficient (Wildman–Crippen LogP) is 1.80. The molecule has 64 valence electrons. The number of carbonyl (C=O) groups excluding carboxylic acids is 1. The SMILES string of the molecule is O=C1C=CC=C2N=C(C3CC3)C=C12. The van der Waals surface area contributed by atoms with Gasteiger partial charge in [0.2, 0.25) is 0 Å². The summed E-state index contributed by atoms with van der Waals surface area (Å²) in [5.41, 5.74) is 2.75. The lowest BCUT2D eigenvalue weighted by molar-refractivity contribution is -0.111. The Morgan fingerprint density at radius 3 is 2.92 bits per heavy atom. The Morgan fingerprint density at radius 1 is 1.38 bits per heavy atom. The topological polar surface area (TPSA) is 29.4 Å². The van der Waals surface area contributed by atoms with Crippen LogP contribution in [-0.4, -0.2) is 11.5 Å². The number of ketones is 1. The fourth-order valence-electron chi connectivity index (χ4n) is 1.68. The van der Waals surface area contributed by atoms with Gasteiger partial charge in [0.15, 0.2) is 5.78 Å². The maximum atomic E-state index is 11.4. The van der Waals surface area contributed by atoms with E-state index in [1.165, 1.54) is 12.8 Å². The predicted molar refractivity (Wildman–Crippen MR) is 50.5 cm³/mol. The average molecular weight is 171 g/mol. The first-order valence-corrected chi connectivity index (χ1v) is 4.58. The number of aliphatic imine (C=N–C) groups is 1. The maximum absolute atomic E-state index is 11.4. The van der Waals surface area contributed by atoms with Crippen molar-refractivity contribution in [2.24, 2.45) is 10.9 Å². The van der Waals surface area contributed by atoms with Crippen molar-refractivity contribution in [3.05, 3.63) is 35.6 Å². The number of hydrogen-bond donors (Lipinski definition) is 0. The third kappa shape index (κ3) is 1.02. The summed E-state index contributed by atoms with van der Waals surface area (Å²) in [4.78, 5) is 15.8. The zero-order valence-corrected chi connectivity index (χ0v) is 7.16. The quantitative estimate of drug-likeness (QED) is 0.591. The van der Waals surface area contributed by atoms with Gasteiger partial charge >= 0.3 is 0 Å². The zero-order chi connectivity index (χ0) is 8.84. The van der Waals surface area contributed by atoms with Crippen molar-refractivity contribution in [1.82, 2.24) is 0 Å². The molecule has 3 rings (SSSR count). The Bertz CT molecular complexity index is 406. The lowest BCUT2D eigenvalue weighted by Crippen LogP contribution is -2.01. The average Bonchev–Trinajstić information content (AvgIpc) is 2.87. The number of fused-ring (bicyclic) bond motifs is 1. The van der Waals surface area contributed by atoms with Crippen molar-refractivity contribution in [3.8, 4) is 0 Å². The highest BCUT2D eigenvalue weighted by Crippen LogP contribution is 2.36. The molecule has 0 aromatic rings. The van der Waals surface area contributed by atoms with Crippen LogP contribution in [0.2, 0.25) is 0 Å². The molecule has 1 aliphatic heterocycles. The van der Waals surface area contributed by atoms with Gasteiger partial charge in [0.05, 0.1) is 5.70 Å². The van der Waals surface area contributed by atoms with Crippen LogP contribution in [0.5, 0.6) is 0 Å². The van der Waals surface area contributed by atoms with Gasteiger partial charge in [0.25, 0.3) is 0 Å². The molecule has 1 heterocycles. The van der Waals surface area contributed by atoms with Crippen molar-refractivity contribution < 1.29 is 4.79 Å². The number of nitrogens with zero attached hydrogens (tertiary/aromatic N) is 1. The van der Waals surface area contributed by atoms with Crippen LogP contribution in [0, 0.1) is 5.92 Å². The minimum atomic E-state index is 0.0944. The maximum Gasteiger partial charge on any atom is 0.188 e. The summed E-state index contributed by atoms with van der Waals surface area (Å²) in [6.45, 7) is 0. The molecular formula is C11H9NO. The second-order valence-corrected chi connectivity index (χ2v) is 3.64. The van der Waals surface area contributed by atoms with E-state index in [0.29, 0.717) is 5.92 Å². The minimum absolute atomic E-state index is 0.0944. The molecular weight excluding hydrogens is 162 g/mol. The van der Waals surface area contributed by atoms with E-state index in [4.69, 9.17) is 0 Å². The molecule has 1 saturated carbocycles. The molecule has 2 aliphatic carbocycles. The van der Waals surface area contributed by atoms with Crippen molar-refractivity contribution in [2.45, 2.75) is 12.8 Å². The number of rotatable bonds is 1. The van der Waals surface area contributed by atoms with Gasteiger partial charge in [-0.05, 0) is 31.1 Å². The van der Waals surface area contributed by atoms with Crippen molar-refractivity contribution in [1.29, 1.82) is 0 Å². The molecule has 0 bridgehead atoms. The van der Waals surface area contributed by atoms with Gasteiger partial charge in [0.1, 0.15) is 0 Å². The molecule has 3 aliphatic rings. The van der Waals surface area contributed by atoms with Crippen LogP contribution in [0.15, 0.2) is 40.6 Å². The monoisotopic (exact) mass is 171 g/mol. The minimum Gasteiger partial charge on any atom is -0.289 e. The molecule has 13 heavy (non-hydrogen) atoms. The standard InChI is InChI=1S/C11H9NO/c13-11-3-1-2-9-8(11)6-10(12-9)7-4-5-7/h1-3,6-7H,4-5H2. The van der Waals surface area contributed by atoms with Crippen LogP contribution in [-0.2, 0) is 4.79 Å². The fourth-order valence-corrected chi connectivity index (χ4v) is 1.68. The second-order valence-electron chi connectivity index (χ2n) is 3.64. The van der Waals surface area contributed by atoms with E-state index in [1.807, 2.05) is 12.2 Å². The Balaban J connectivity index is 2.03. The normalized spacial score (nSPS) is 25.2. The zero-order valence-electron chi connectivity index (χ0n) is 7.16. The van der Waals surface area contributed by atoms with Gasteiger partial charge in [0, 0.05) is 17.2 Å². The molecule has 1 fully saturated rings. The van der Waals surface area contributed by atoms with Gasteiger partial charge < -0.3 is 0 Å². The molecule has 0 N–H and O–H groups in total. The molecule has 0 spiro atoms. The van der Waals surface area contributed by atoms with Gasteiger partial charge in [-0.1, -0.05) is 6.08 Å². The summed E-state index contributed by atoms with van der Waals surface area (Å²) >= 11 is 0. The first-order valence-electron chi connectivity index (χ1n) is 4.58. The summed E-state index contributed by atoms with van der Waals surface area (Å²) in [5.74, 6) is 0.726.